The highest BCUT2D eigenvalue weighted by Gasteiger charge is 2.39. The SMILES string of the molecule is CC1CCN(C(=O)NCCC(C)S(C)=O)C1C(=O)O. The lowest BCUT2D eigenvalue weighted by molar-refractivity contribution is -0.142. The molecule has 0 aromatic heterocycles. The van der Waals surface area contributed by atoms with Gasteiger partial charge in [-0.1, -0.05) is 13.8 Å². The number of nitrogens with zero attached hydrogens (tertiary/aromatic N) is 1. The second-order valence-corrected chi connectivity index (χ2v) is 6.87. The Morgan fingerprint density at radius 1 is 1.53 bits per heavy atom. The maximum atomic E-state index is 11.9. The van der Waals surface area contributed by atoms with Crippen LogP contribution in [-0.4, -0.2) is 56.9 Å². The molecule has 4 unspecified atom stereocenters. The van der Waals surface area contributed by atoms with E-state index >= 15 is 0 Å². The predicted molar refractivity (Wildman–Crippen MR) is 73.5 cm³/mol. The summed E-state index contributed by atoms with van der Waals surface area (Å²) in [6.45, 7) is 4.59. The van der Waals surface area contributed by atoms with Gasteiger partial charge in [0, 0.05) is 35.4 Å². The van der Waals surface area contributed by atoms with Crippen molar-refractivity contribution in [3.63, 3.8) is 0 Å². The number of carbonyl (C=O) groups is 2. The summed E-state index contributed by atoms with van der Waals surface area (Å²) < 4.78 is 11.2. The summed E-state index contributed by atoms with van der Waals surface area (Å²) >= 11 is 0. The van der Waals surface area contributed by atoms with Crippen LogP contribution >= 0.6 is 0 Å². The van der Waals surface area contributed by atoms with E-state index in [2.05, 4.69) is 5.32 Å². The Morgan fingerprint density at radius 3 is 2.68 bits per heavy atom. The molecule has 1 aliphatic heterocycles. The van der Waals surface area contributed by atoms with E-state index in [1.165, 1.54) is 4.90 Å². The molecule has 0 radical (unpaired) electrons. The molecule has 1 rings (SSSR count). The molecule has 0 bridgehead atoms. The largest absolute Gasteiger partial charge is 0.480 e. The van der Waals surface area contributed by atoms with Crippen LogP contribution in [0.15, 0.2) is 0 Å². The van der Waals surface area contributed by atoms with Crippen molar-refractivity contribution in [2.24, 2.45) is 5.92 Å². The smallest absolute Gasteiger partial charge is 0.326 e. The van der Waals surface area contributed by atoms with Crippen LogP contribution < -0.4 is 5.32 Å². The average molecular weight is 290 g/mol. The third-order valence-electron chi connectivity index (χ3n) is 3.61. The zero-order valence-corrected chi connectivity index (χ0v) is 12.4. The molecule has 1 aliphatic rings. The lowest BCUT2D eigenvalue weighted by atomic mass is 10.0. The second kappa shape index (κ2) is 6.88. The van der Waals surface area contributed by atoms with E-state index in [-0.39, 0.29) is 17.2 Å². The molecule has 7 heteroatoms. The first-order valence-corrected chi connectivity index (χ1v) is 8.06. The van der Waals surface area contributed by atoms with Crippen molar-refractivity contribution >= 4 is 22.8 Å². The summed E-state index contributed by atoms with van der Waals surface area (Å²) in [4.78, 5) is 24.4. The van der Waals surface area contributed by atoms with Crippen molar-refractivity contribution in [2.75, 3.05) is 19.3 Å². The maximum absolute atomic E-state index is 11.9. The van der Waals surface area contributed by atoms with Gasteiger partial charge in [0.1, 0.15) is 6.04 Å². The molecule has 0 saturated carbocycles. The van der Waals surface area contributed by atoms with Gasteiger partial charge < -0.3 is 15.3 Å². The molecule has 1 fully saturated rings. The number of likely N-dealkylation sites (tertiary alicyclic amines) is 1. The van der Waals surface area contributed by atoms with Gasteiger partial charge in [0.15, 0.2) is 0 Å². The van der Waals surface area contributed by atoms with Gasteiger partial charge in [0.25, 0.3) is 0 Å². The molecule has 0 aliphatic carbocycles. The van der Waals surface area contributed by atoms with Crippen LogP contribution in [0.4, 0.5) is 4.79 Å². The number of amides is 2. The van der Waals surface area contributed by atoms with E-state index in [0.29, 0.717) is 25.9 Å². The van der Waals surface area contributed by atoms with E-state index in [9.17, 15) is 13.8 Å². The Kier molecular flexibility index (Phi) is 5.78. The Morgan fingerprint density at radius 2 is 2.16 bits per heavy atom. The van der Waals surface area contributed by atoms with Crippen molar-refractivity contribution in [1.29, 1.82) is 0 Å². The Balaban J connectivity index is 2.45. The highest BCUT2D eigenvalue weighted by Crippen LogP contribution is 2.23. The van der Waals surface area contributed by atoms with E-state index in [4.69, 9.17) is 5.11 Å². The molecular weight excluding hydrogens is 268 g/mol. The Bertz CT molecular complexity index is 375. The van der Waals surface area contributed by atoms with Crippen LogP contribution in [0.3, 0.4) is 0 Å². The fourth-order valence-electron chi connectivity index (χ4n) is 2.20. The molecule has 1 saturated heterocycles. The summed E-state index contributed by atoms with van der Waals surface area (Å²) in [5, 5.41) is 11.9. The third-order valence-corrected chi connectivity index (χ3v) is 4.98. The van der Waals surface area contributed by atoms with Gasteiger partial charge in [0.05, 0.1) is 0 Å². The number of urea groups is 1. The van der Waals surface area contributed by atoms with Gasteiger partial charge in [-0.15, -0.1) is 0 Å². The molecule has 1 heterocycles. The highest BCUT2D eigenvalue weighted by atomic mass is 32.2. The average Bonchev–Trinajstić information content (AvgIpc) is 2.70. The van der Waals surface area contributed by atoms with E-state index in [1.807, 2.05) is 13.8 Å². The monoisotopic (exact) mass is 290 g/mol. The second-order valence-electron chi connectivity index (χ2n) is 5.07. The van der Waals surface area contributed by atoms with Crippen molar-refractivity contribution in [3.05, 3.63) is 0 Å². The zero-order chi connectivity index (χ0) is 14.6. The molecule has 2 N–H and O–H groups in total. The number of hydrogen-bond acceptors (Lipinski definition) is 3. The molecule has 0 spiro atoms. The van der Waals surface area contributed by atoms with Gasteiger partial charge >= 0.3 is 12.0 Å². The van der Waals surface area contributed by atoms with Gasteiger partial charge in [-0.3, -0.25) is 4.21 Å². The number of hydrogen-bond donors (Lipinski definition) is 2. The van der Waals surface area contributed by atoms with Gasteiger partial charge in [0.2, 0.25) is 0 Å². The van der Waals surface area contributed by atoms with E-state index in [0.717, 1.165) is 0 Å². The van der Waals surface area contributed by atoms with Crippen LogP contribution in [-0.2, 0) is 15.6 Å². The molecule has 0 aromatic carbocycles. The van der Waals surface area contributed by atoms with E-state index < -0.39 is 22.8 Å². The van der Waals surface area contributed by atoms with Gasteiger partial charge in [-0.2, -0.15) is 0 Å². The Hall–Kier alpha value is -1.11. The lowest BCUT2D eigenvalue weighted by Gasteiger charge is -2.23. The molecule has 110 valence electrons. The van der Waals surface area contributed by atoms with E-state index in [1.54, 1.807) is 6.26 Å². The van der Waals surface area contributed by atoms with Crippen LogP contribution in [0, 0.1) is 5.92 Å². The minimum atomic E-state index is -0.955. The molecule has 4 atom stereocenters. The van der Waals surface area contributed by atoms with Crippen LogP contribution in [0.1, 0.15) is 26.7 Å². The first-order chi connectivity index (χ1) is 8.84. The molecule has 6 nitrogen and oxygen atoms in total. The summed E-state index contributed by atoms with van der Waals surface area (Å²) in [6.07, 6.45) is 2.96. The Labute approximate surface area is 116 Å². The molecule has 2 amide bonds. The normalized spacial score (nSPS) is 25.9. The van der Waals surface area contributed by atoms with Gasteiger partial charge in [-0.05, 0) is 18.8 Å². The lowest BCUT2D eigenvalue weighted by Crippen LogP contribution is -2.48. The fourth-order valence-corrected chi connectivity index (χ4v) is 2.65. The van der Waals surface area contributed by atoms with Crippen molar-refractivity contribution in [1.82, 2.24) is 10.2 Å². The predicted octanol–water partition coefficient (Wildman–Crippen LogP) is 0.648. The number of nitrogens with one attached hydrogen (secondary N) is 1. The number of carbonyl (C=O) groups excluding carboxylic acids is 1. The summed E-state index contributed by atoms with van der Waals surface area (Å²) in [6, 6.07) is -1.08. The number of aliphatic carboxylic acids is 1. The van der Waals surface area contributed by atoms with Crippen LogP contribution in [0.2, 0.25) is 0 Å². The fraction of sp³-hybridized carbons (Fsp3) is 0.833. The quantitative estimate of drug-likeness (QED) is 0.778. The van der Waals surface area contributed by atoms with Crippen molar-refractivity contribution < 1.29 is 18.9 Å². The summed E-state index contributed by atoms with van der Waals surface area (Å²) in [5.41, 5.74) is 0. The first-order valence-electron chi connectivity index (χ1n) is 6.44. The number of rotatable bonds is 5. The summed E-state index contributed by atoms with van der Waals surface area (Å²) in [7, 11) is -0.906. The number of carboxylic acid groups (broad SMARTS) is 1. The molecule has 0 aromatic rings. The maximum Gasteiger partial charge on any atom is 0.326 e. The summed E-state index contributed by atoms with van der Waals surface area (Å²) in [5.74, 6) is -0.978. The van der Waals surface area contributed by atoms with Gasteiger partial charge in [-0.25, -0.2) is 9.59 Å². The molecular formula is C12H22N2O4S. The minimum absolute atomic E-state index is 0.0214. The number of carboxylic acids is 1. The highest BCUT2D eigenvalue weighted by molar-refractivity contribution is 7.84. The zero-order valence-electron chi connectivity index (χ0n) is 11.6. The first kappa shape index (κ1) is 15.9. The standard InChI is InChI=1S/C12H22N2O4S/c1-8-5-7-14(10(8)11(15)16)12(17)13-6-4-9(2)19(3)18/h8-10H,4-7H2,1-3H3,(H,13,17)(H,15,16). The third kappa shape index (κ3) is 4.19. The van der Waals surface area contributed by atoms with Crippen molar-refractivity contribution in [2.45, 2.75) is 38.0 Å². The van der Waals surface area contributed by atoms with Crippen molar-refractivity contribution in [3.8, 4) is 0 Å². The molecule has 19 heavy (non-hydrogen) atoms. The topological polar surface area (TPSA) is 86.7 Å². The van der Waals surface area contributed by atoms with Crippen LogP contribution in [0.5, 0.6) is 0 Å². The van der Waals surface area contributed by atoms with Crippen LogP contribution in [0.25, 0.3) is 0 Å². The minimum Gasteiger partial charge on any atom is -0.480 e.